The Kier molecular flexibility index (Phi) is 16.4. The molecule has 0 aliphatic carbocycles. The molecular weight excluding hydrogens is 255 g/mol. The van der Waals surface area contributed by atoms with Gasteiger partial charge >= 0.3 is 9.28 Å². The molecule has 0 amide bonds. The maximum Gasteiger partial charge on any atom is 0.322 e. The Labute approximate surface area is 95.4 Å². The number of hydrogen-bond acceptors (Lipinski definition) is 2. The van der Waals surface area contributed by atoms with Gasteiger partial charge in [-0.15, -0.1) is 34.8 Å². The quantitative estimate of drug-likeness (QED) is 0.490. The largest absolute Gasteiger partial charge is 0.412 e. The zero-order valence-electron chi connectivity index (χ0n) is 7.27. The van der Waals surface area contributed by atoms with Crippen LogP contribution in [0.25, 0.3) is 0 Å². The first-order valence-electron chi connectivity index (χ1n) is 3.76. The summed E-state index contributed by atoms with van der Waals surface area (Å²) in [5.74, 6) is 1.56. The van der Waals surface area contributed by atoms with Crippen molar-refractivity contribution in [3.8, 4) is 0 Å². The van der Waals surface area contributed by atoms with Crippen molar-refractivity contribution in [2.75, 3.05) is 30.9 Å². The summed E-state index contributed by atoms with van der Waals surface area (Å²) in [7, 11) is -1.57. The highest BCUT2D eigenvalue weighted by Gasteiger charge is 2.11. The van der Waals surface area contributed by atoms with Crippen molar-refractivity contribution in [2.24, 2.45) is 0 Å². The third-order valence-electron chi connectivity index (χ3n) is 1.11. The van der Waals surface area contributed by atoms with Crippen LogP contribution in [0.4, 0.5) is 0 Å². The van der Waals surface area contributed by atoms with E-state index >= 15 is 0 Å². The predicted octanol–water partition coefficient (Wildman–Crippen LogP) is 1.13. The summed E-state index contributed by atoms with van der Waals surface area (Å²) in [6.07, 6.45) is 0. The Hall–Kier alpha value is 0.967. The topological polar surface area (TPSA) is 50.0 Å². The highest BCUT2D eigenvalue weighted by Crippen LogP contribution is 2.00. The monoisotopic (exact) mass is 268 g/mol. The number of halogens is 3. The average molecular weight is 270 g/mol. The molecule has 0 spiro atoms. The van der Waals surface area contributed by atoms with E-state index in [4.69, 9.17) is 43.7 Å². The Bertz CT molecular complexity index is 91.2. The molecule has 0 aromatic rings. The number of alkyl halides is 3. The van der Waals surface area contributed by atoms with Crippen molar-refractivity contribution >= 4 is 44.1 Å². The highest BCUT2D eigenvalue weighted by molar-refractivity contribution is 6.46. The normalized spacial score (nSPS) is 10.2. The minimum atomic E-state index is -1.57. The molecule has 0 aromatic carbocycles. The summed E-state index contributed by atoms with van der Waals surface area (Å²) in [5, 5.41) is 0. The van der Waals surface area contributed by atoms with Crippen LogP contribution in [0, 0.1) is 0 Å². The fourth-order valence-electron chi connectivity index (χ4n) is 0.656. The van der Waals surface area contributed by atoms with Crippen LogP contribution in [0.2, 0.25) is 6.04 Å². The van der Waals surface area contributed by atoms with Crippen molar-refractivity contribution in [1.82, 2.24) is 0 Å². The molecule has 0 radical (unpaired) electrons. The summed E-state index contributed by atoms with van der Waals surface area (Å²) in [6.45, 7) is 1.08. The maximum absolute atomic E-state index is 5.56. The Morgan fingerprint density at radius 1 is 0.846 bits per heavy atom. The second-order valence-electron chi connectivity index (χ2n) is 2.03. The Balaban J connectivity index is 0. The van der Waals surface area contributed by atoms with E-state index in [1.165, 1.54) is 0 Å². The van der Waals surface area contributed by atoms with Crippen LogP contribution >= 0.6 is 34.8 Å². The smallest absolute Gasteiger partial charge is 0.322 e. The first kappa shape index (κ1) is 16.4. The Morgan fingerprint density at radius 3 is 1.62 bits per heavy atom. The van der Waals surface area contributed by atoms with Crippen LogP contribution in [0.1, 0.15) is 0 Å². The predicted molar refractivity (Wildman–Crippen MR) is 59.6 cm³/mol. The van der Waals surface area contributed by atoms with E-state index in [9.17, 15) is 0 Å². The first-order chi connectivity index (χ1) is 5.85. The molecule has 0 bridgehead atoms. The van der Waals surface area contributed by atoms with Crippen LogP contribution in [0.15, 0.2) is 0 Å². The summed E-state index contributed by atoms with van der Waals surface area (Å²) in [4.78, 5) is 0. The van der Waals surface area contributed by atoms with E-state index in [0.717, 1.165) is 6.04 Å². The van der Waals surface area contributed by atoms with E-state index in [1.807, 2.05) is 0 Å². The molecule has 0 atom stereocenters. The van der Waals surface area contributed by atoms with E-state index in [0.29, 0.717) is 30.9 Å². The third-order valence-corrected chi connectivity index (χ3v) is 3.97. The van der Waals surface area contributed by atoms with Gasteiger partial charge in [-0.1, -0.05) is 0 Å². The van der Waals surface area contributed by atoms with Gasteiger partial charge in [0.05, 0.1) is 0 Å². The van der Waals surface area contributed by atoms with Crippen molar-refractivity contribution in [3.63, 3.8) is 0 Å². The molecule has 2 N–H and O–H groups in total. The van der Waals surface area contributed by atoms with Gasteiger partial charge in [-0.05, 0) is 0 Å². The second kappa shape index (κ2) is 13.0. The van der Waals surface area contributed by atoms with Gasteiger partial charge in [0, 0.05) is 36.9 Å². The molecule has 0 rings (SSSR count). The lowest BCUT2D eigenvalue weighted by Crippen LogP contribution is -2.25. The molecule has 0 unspecified atom stereocenters. The van der Waals surface area contributed by atoms with Crippen LogP contribution < -0.4 is 0 Å². The molecule has 0 aliphatic heterocycles. The van der Waals surface area contributed by atoms with Gasteiger partial charge in [0.15, 0.2) is 0 Å². The lowest BCUT2D eigenvalue weighted by molar-refractivity contribution is 0.217. The minimum Gasteiger partial charge on any atom is -0.412 e. The van der Waals surface area contributed by atoms with Crippen LogP contribution in [0.3, 0.4) is 0 Å². The van der Waals surface area contributed by atoms with Crippen LogP contribution in [-0.4, -0.2) is 45.6 Å². The standard InChI is InChI=1S/C6H13Cl3O2Si.H2O/c7-1-4-10-12(6-3-9)11-5-2-8;/h12H,1-6H2;1H2. The lowest BCUT2D eigenvalue weighted by Gasteiger charge is -2.13. The van der Waals surface area contributed by atoms with E-state index in [1.54, 1.807) is 0 Å². The summed E-state index contributed by atoms with van der Waals surface area (Å²) in [5.41, 5.74) is 0. The molecule has 0 fully saturated rings. The fourth-order valence-corrected chi connectivity index (χ4v) is 3.04. The van der Waals surface area contributed by atoms with Gasteiger partial charge in [-0.25, -0.2) is 0 Å². The van der Waals surface area contributed by atoms with E-state index in [-0.39, 0.29) is 5.48 Å². The van der Waals surface area contributed by atoms with Crippen molar-refractivity contribution in [3.05, 3.63) is 0 Å². The summed E-state index contributed by atoms with van der Waals surface area (Å²) < 4.78 is 10.8. The molecule has 3 nitrogen and oxygen atoms in total. The molecule has 0 saturated carbocycles. The van der Waals surface area contributed by atoms with Crippen molar-refractivity contribution < 1.29 is 14.3 Å². The zero-order chi connectivity index (χ0) is 9.23. The van der Waals surface area contributed by atoms with Gasteiger partial charge < -0.3 is 14.3 Å². The number of hydrogen-bond donors (Lipinski definition) is 0. The minimum absolute atomic E-state index is 0. The Morgan fingerprint density at radius 2 is 1.31 bits per heavy atom. The van der Waals surface area contributed by atoms with Gasteiger partial charge in [0.25, 0.3) is 0 Å². The molecule has 82 valence electrons. The molecule has 7 heteroatoms. The van der Waals surface area contributed by atoms with Crippen molar-refractivity contribution in [2.45, 2.75) is 6.04 Å². The van der Waals surface area contributed by atoms with Gasteiger partial charge in [0.1, 0.15) is 0 Å². The molecule has 0 heterocycles. The van der Waals surface area contributed by atoms with Crippen LogP contribution in [0.5, 0.6) is 0 Å². The SMILES string of the molecule is ClCCO[SiH](CCCl)OCCCl.O. The molecule has 0 aliphatic rings. The van der Waals surface area contributed by atoms with E-state index < -0.39 is 9.28 Å². The second-order valence-corrected chi connectivity index (χ2v) is 5.26. The van der Waals surface area contributed by atoms with Crippen LogP contribution in [-0.2, 0) is 8.85 Å². The lowest BCUT2D eigenvalue weighted by atomic mass is 10.9. The van der Waals surface area contributed by atoms with Crippen molar-refractivity contribution in [1.29, 1.82) is 0 Å². The van der Waals surface area contributed by atoms with E-state index in [2.05, 4.69) is 0 Å². The molecular formula is C6H15Cl3O3Si. The highest BCUT2D eigenvalue weighted by atomic mass is 35.5. The molecule has 13 heavy (non-hydrogen) atoms. The molecule has 0 aromatic heterocycles. The maximum atomic E-state index is 5.56. The first-order valence-corrected chi connectivity index (χ1v) is 7.12. The van der Waals surface area contributed by atoms with Gasteiger partial charge in [-0.3, -0.25) is 0 Å². The fraction of sp³-hybridized carbons (Fsp3) is 1.00. The summed E-state index contributed by atoms with van der Waals surface area (Å²) >= 11 is 16.5. The zero-order valence-corrected chi connectivity index (χ0v) is 10.7. The van der Waals surface area contributed by atoms with Gasteiger partial charge in [0.2, 0.25) is 0 Å². The van der Waals surface area contributed by atoms with Gasteiger partial charge in [-0.2, -0.15) is 0 Å². The molecule has 0 saturated heterocycles. The number of rotatable bonds is 8. The third kappa shape index (κ3) is 10.9. The summed E-state index contributed by atoms with van der Waals surface area (Å²) in [6, 6.07) is 0.801. The average Bonchev–Trinajstić information content (AvgIpc) is 2.10.